The molecule has 23 heavy (non-hydrogen) atoms. The second-order valence-electron chi connectivity index (χ2n) is 5.56. The van der Waals surface area contributed by atoms with Crippen molar-refractivity contribution in [1.29, 1.82) is 0 Å². The van der Waals surface area contributed by atoms with Gasteiger partial charge in [0.1, 0.15) is 5.82 Å². The van der Waals surface area contributed by atoms with E-state index in [-0.39, 0.29) is 15.9 Å². The van der Waals surface area contributed by atoms with Crippen molar-refractivity contribution in [1.82, 2.24) is 10.0 Å². The van der Waals surface area contributed by atoms with Crippen LogP contribution in [0.25, 0.3) is 0 Å². The summed E-state index contributed by atoms with van der Waals surface area (Å²) in [5.74, 6) is -0.479. The molecule has 4 nitrogen and oxygen atoms in total. The predicted octanol–water partition coefficient (Wildman–Crippen LogP) is 2.98. The van der Waals surface area contributed by atoms with Gasteiger partial charge in [-0.1, -0.05) is 18.2 Å². The maximum absolute atomic E-state index is 13.5. The third kappa shape index (κ3) is 3.47. The first-order chi connectivity index (χ1) is 10.9. The van der Waals surface area contributed by atoms with Crippen LogP contribution in [0.3, 0.4) is 0 Å². The fourth-order valence-corrected chi connectivity index (χ4v) is 4.39. The Bertz CT molecular complexity index is 869. The highest BCUT2D eigenvalue weighted by Crippen LogP contribution is 2.24. The van der Waals surface area contributed by atoms with Crippen molar-refractivity contribution in [2.45, 2.75) is 31.5 Å². The van der Waals surface area contributed by atoms with E-state index in [1.54, 1.807) is 6.92 Å². The van der Waals surface area contributed by atoms with Gasteiger partial charge in [-0.2, -0.15) is 0 Å². The van der Waals surface area contributed by atoms with Gasteiger partial charge in [-0.05, 0) is 57.2 Å². The van der Waals surface area contributed by atoms with Crippen LogP contribution in [0.5, 0.6) is 0 Å². The molecule has 1 aliphatic heterocycles. The quantitative estimate of drug-likeness (QED) is 0.831. The minimum absolute atomic E-state index is 0.0774. The van der Waals surface area contributed by atoms with Crippen molar-refractivity contribution >= 4 is 26.0 Å². The molecule has 0 fully saturated rings. The molecule has 0 radical (unpaired) electrons. The fourth-order valence-electron chi connectivity index (χ4n) is 2.63. The Balaban J connectivity index is 1.81. The Labute approximate surface area is 143 Å². The van der Waals surface area contributed by atoms with Crippen LogP contribution in [-0.2, 0) is 29.7 Å². The fraction of sp³-hybridized carbons (Fsp3) is 0.250. The molecule has 3 rings (SSSR count). The molecule has 0 aromatic heterocycles. The topological polar surface area (TPSA) is 58.2 Å². The maximum atomic E-state index is 13.5. The summed E-state index contributed by atoms with van der Waals surface area (Å²) < 4.78 is 41.1. The Morgan fingerprint density at radius 2 is 1.96 bits per heavy atom. The van der Waals surface area contributed by atoms with Gasteiger partial charge in [0.15, 0.2) is 0 Å². The molecule has 0 saturated carbocycles. The molecular formula is C16H16BrFN2O2S. The van der Waals surface area contributed by atoms with Gasteiger partial charge in [0.2, 0.25) is 10.0 Å². The van der Waals surface area contributed by atoms with Crippen LogP contribution in [0.2, 0.25) is 0 Å². The predicted molar refractivity (Wildman–Crippen MR) is 89.8 cm³/mol. The summed E-state index contributed by atoms with van der Waals surface area (Å²) in [7, 11) is -3.70. The lowest BCUT2D eigenvalue weighted by Crippen LogP contribution is -2.24. The first-order valence-electron chi connectivity index (χ1n) is 7.13. The lowest BCUT2D eigenvalue weighted by molar-refractivity contribution is 0.579. The zero-order valence-electron chi connectivity index (χ0n) is 12.5. The molecule has 0 spiro atoms. The molecule has 0 bridgehead atoms. The van der Waals surface area contributed by atoms with Gasteiger partial charge >= 0.3 is 0 Å². The van der Waals surface area contributed by atoms with Gasteiger partial charge < -0.3 is 5.32 Å². The molecule has 2 aromatic carbocycles. The highest BCUT2D eigenvalue weighted by atomic mass is 79.9. The van der Waals surface area contributed by atoms with E-state index in [1.165, 1.54) is 23.3 Å². The van der Waals surface area contributed by atoms with Crippen molar-refractivity contribution in [3.8, 4) is 0 Å². The summed E-state index contributed by atoms with van der Waals surface area (Å²) in [6.45, 7) is 3.43. The molecule has 2 aromatic rings. The van der Waals surface area contributed by atoms with Crippen molar-refractivity contribution in [2.24, 2.45) is 0 Å². The molecular weight excluding hydrogens is 383 g/mol. The summed E-state index contributed by atoms with van der Waals surface area (Å²) >= 11 is 3.03. The van der Waals surface area contributed by atoms with E-state index >= 15 is 0 Å². The van der Waals surface area contributed by atoms with Crippen LogP contribution in [0, 0.1) is 12.7 Å². The average Bonchev–Trinajstić information content (AvgIpc) is 2.96. The van der Waals surface area contributed by atoms with Crippen molar-refractivity contribution in [2.75, 3.05) is 0 Å². The van der Waals surface area contributed by atoms with Gasteiger partial charge in [0.25, 0.3) is 0 Å². The van der Waals surface area contributed by atoms with E-state index in [4.69, 9.17) is 0 Å². The Morgan fingerprint density at radius 1 is 1.22 bits per heavy atom. The van der Waals surface area contributed by atoms with E-state index < -0.39 is 15.8 Å². The smallest absolute Gasteiger partial charge is 0.241 e. The number of aryl methyl sites for hydroxylation is 1. The lowest BCUT2D eigenvalue weighted by atomic mass is 10.1. The van der Waals surface area contributed by atoms with Crippen LogP contribution in [0.15, 0.2) is 39.7 Å². The first-order valence-corrected chi connectivity index (χ1v) is 9.41. The van der Waals surface area contributed by atoms with E-state index in [9.17, 15) is 12.8 Å². The molecule has 2 N–H and O–H groups in total. The number of rotatable bonds is 4. The summed E-state index contributed by atoms with van der Waals surface area (Å²) in [5.41, 5.74) is 3.71. The minimum Gasteiger partial charge on any atom is -0.309 e. The van der Waals surface area contributed by atoms with Crippen LogP contribution in [-0.4, -0.2) is 8.42 Å². The normalized spacial score (nSPS) is 14.0. The van der Waals surface area contributed by atoms with Crippen molar-refractivity contribution in [3.05, 3.63) is 62.9 Å². The largest absolute Gasteiger partial charge is 0.309 e. The molecule has 1 aliphatic rings. The number of hydrogen-bond donors (Lipinski definition) is 2. The van der Waals surface area contributed by atoms with E-state index in [0.717, 1.165) is 18.7 Å². The van der Waals surface area contributed by atoms with Gasteiger partial charge in [-0.25, -0.2) is 17.5 Å². The minimum atomic E-state index is -3.70. The molecule has 0 atom stereocenters. The van der Waals surface area contributed by atoms with Gasteiger partial charge in [0.05, 0.1) is 9.37 Å². The molecule has 0 aliphatic carbocycles. The van der Waals surface area contributed by atoms with E-state index in [1.807, 2.05) is 18.2 Å². The first kappa shape index (κ1) is 16.6. The zero-order valence-corrected chi connectivity index (χ0v) is 14.9. The summed E-state index contributed by atoms with van der Waals surface area (Å²) in [6, 6.07) is 8.44. The van der Waals surface area contributed by atoms with E-state index in [2.05, 4.69) is 26.0 Å². The van der Waals surface area contributed by atoms with Crippen molar-refractivity contribution in [3.63, 3.8) is 0 Å². The molecule has 1 heterocycles. The van der Waals surface area contributed by atoms with Gasteiger partial charge in [-0.3, -0.25) is 0 Å². The van der Waals surface area contributed by atoms with Gasteiger partial charge in [-0.15, -0.1) is 0 Å². The highest BCUT2D eigenvalue weighted by Gasteiger charge is 2.19. The highest BCUT2D eigenvalue weighted by molar-refractivity contribution is 9.10. The lowest BCUT2D eigenvalue weighted by Gasteiger charge is -2.11. The third-order valence-corrected chi connectivity index (χ3v) is 6.03. The number of hydrogen-bond acceptors (Lipinski definition) is 3. The summed E-state index contributed by atoms with van der Waals surface area (Å²) in [6.07, 6.45) is 0. The number of benzene rings is 2. The van der Waals surface area contributed by atoms with Crippen LogP contribution >= 0.6 is 15.9 Å². The summed E-state index contributed by atoms with van der Waals surface area (Å²) in [5, 5.41) is 3.25. The maximum Gasteiger partial charge on any atom is 0.241 e. The second kappa shape index (κ2) is 6.32. The molecule has 0 amide bonds. The number of sulfonamides is 1. The zero-order chi connectivity index (χ0) is 16.6. The SMILES string of the molecule is Cc1cc(F)c(Br)cc1S(=O)(=O)NCc1ccc2c(c1)CNC2. The standard InChI is InChI=1S/C16H16BrFN2O2S/c1-10-4-15(18)14(17)6-16(10)23(21,22)20-7-11-2-3-12-8-19-9-13(12)5-11/h2-6,19-20H,7-9H2,1H3. The summed E-state index contributed by atoms with van der Waals surface area (Å²) in [4.78, 5) is 0.0774. The second-order valence-corrected chi connectivity index (χ2v) is 8.15. The van der Waals surface area contributed by atoms with Gasteiger partial charge in [0, 0.05) is 19.6 Å². The molecule has 7 heteroatoms. The Kier molecular flexibility index (Phi) is 4.55. The van der Waals surface area contributed by atoms with Crippen molar-refractivity contribution < 1.29 is 12.8 Å². The molecule has 0 unspecified atom stereocenters. The number of halogens is 2. The number of fused-ring (bicyclic) bond motifs is 1. The monoisotopic (exact) mass is 398 g/mol. The molecule has 0 saturated heterocycles. The number of nitrogens with one attached hydrogen (secondary N) is 2. The third-order valence-electron chi connectivity index (χ3n) is 3.88. The Hall–Kier alpha value is -1.28. The van der Waals surface area contributed by atoms with Crippen LogP contribution in [0.1, 0.15) is 22.3 Å². The van der Waals surface area contributed by atoms with E-state index in [0.29, 0.717) is 5.56 Å². The average molecular weight is 399 g/mol. The molecule has 122 valence electrons. The van der Waals surface area contributed by atoms with Crippen LogP contribution in [0.4, 0.5) is 4.39 Å². The Morgan fingerprint density at radius 3 is 2.74 bits per heavy atom. The van der Waals surface area contributed by atoms with Crippen LogP contribution < -0.4 is 10.0 Å².